The standard InChI is InChI=1S/C21H24F2N10O12P2/c22-21(23)1-6-12(11(35)18(42-6)32-4-28-8-14(24)26-3-27-15(8)32)45-47(39,40)41-2-7-10(34)13(44-46(21,37)38)19(43-7)33-5-29-9-16(33)30-20(25)31-17(9)36/h3-7,10-13,18-19,34-35H,1-2H2,(H,37,38)(H,39,40)(H2,24,26,27)(H3,25,30,31,36). The second-order valence-electron chi connectivity index (χ2n) is 10.8. The van der Waals surface area contributed by atoms with Crippen LogP contribution in [0.4, 0.5) is 20.5 Å². The van der Waals surface area contributed by atoms with Crippen LogP contribution in [0, 0.1) is 0 Å². The van der Waals surface area contributed by atoms with Gasteiger partial charge in [-0.15, -0.1) is 0 Å². The van der Waals surface area contributed by atoms with Crippen molar-refractivity contribution in [1.29, 1.82) is 0 Å². The molecule has 3 saturated heterocycles. The Morgan fingerprint density at radius 2 is 1.60 bits per heavy atom. The van der Waals surface area contributed by atoms with E-state index in [-0.39, 0.29) is 34.1 Å². The molecule has 10 unspecified atom stereocenters. The molecular formula is C21H24F2N10O12P2. The number of imidazole rings is 2. The first-order chi connectivity index (χ1) is 22.1. The van der Waals surface area contributed by atoms with Gasteiger partial charge in [0.15, 0.2) is 35.1 Å². The molecule has 3 aliphatic rings. The Morgan fingerprint density at radius 3 is 2.34 bits per heavy atom. The van der Waals surface area contributed by atoms with Crippen LogP contribution in [0.25, 0.3) is 22.3 Å². The lowest BCUT2D eigenvalue weighted by atomic mass is 10.1. The van der Waals surface area contributed by atoms with Gasteiger partial charge in [-0.25, -0.2) is 24.5 Å². The summed E-state index contributed by atoms with van der Waals surface area (Å²) < 4.78 is 86.4. The summed E-state index contributed by atoms with van der Waals surface area (Å²) in [4.78, 5) is 55.3. The molecule has 10 atom stereocenters. The highest BCUT2D eigenvalue weighted by atomic mass is 31.2. The molecule has 254 valence electrons. The molecule has 9 N–H and O–H groups in total. The number of rotatable bonds is 2. The molecular weight excluding hydrogens is 684 g/mol. The van der Waals surface area contributed by atoms with Crippen LogP contribution in [0.2, 0.25) is 0 Å². The number of phosphoric acid groups is 1. The Balaban J connectivity index is 1.26. The van der Waals surface area contributed by atoms with Gasteiger partial charge in [-0.1, -0.05) is 0 Å². The van der Waals surface area contributed by atoms with Crippen molar-refractivity contribution in [2.75, 3.05) is 18.1 Å². The molecule has 3 aliphatic heterocycles. The first kappa shape index (κ1) is 32.0. The molecule has 0 saturated carbocycles. The SMILES string of the molecule is Nc1nc2c(ncn2C2OC3COP(=O)(O)OC4C(CC(F)(F)P(=O)(O)OC2C3O)OC(n2cnc3c(N)ncnc32)C4O)c(=O)[nH]1. The van der Waals surface area contributed by atoms with Crippen LogP contribution >= 0.6 is 15.4 Å². The molecule has 22 nitrogen and oxygen atoms in total. The number of H-pyrrole nitrogens is 1. The highest BCUT2D eigenvalue weighted by Gasteiger charge is 2.61. The Morgan fingerprint density at radius 1 is 0.915 bits per heavy atom. The fourth-order valence-electron chi connectivity index (χ4n) is 5.57. The number of alkyl halides is 2. The van der Waals surface area contributed by atoms with Gasteiger partial charge in [-0.2, -0.15) is 13.8 Å². The summed E-state index contributed by atoms with van der Waals surface area (Å²) in [6, 6.07) is 0. The van der Waals surface area contributed by atoms with Crippen LogP contribution in [0.15, 0.2) is 23.8 Å². The zero-order valence-corrected chi connectivity index (χ0v) is 25.0. The number of halogens is 2. The number of aliphatic hydroxyl groups is 2. The molecule has 7 rings (SSSR count). The summed E-state index contributed by atoms with van der Waals surface area (Å²) in [5.41, 5.74) is 5.34. The smallest absolute Gasteiger partial charge is 0.387 e. The highest BCUT2D eigenvalue weighted by Crippen LogP contribution is 2.63. The van der Waals surface area contributed by atoms with E-state index in [0.717, 1.165) is 28.1 Å². The van der Waals surface area contributed by atoms with E-state index in [0.29, 0.717) is 0 Å². The number of aromatic amines is 1. The Kier molecular flexibility index (Phi) is 7.50. The van der Waals surface area contributed by atoms with Crippen molar-refractivity contribution >= 4 is 49.5 Å². The number of phosphoric ester groups is 1. The zero-order chi connectivity index (χ0) is 33.6. The van der Waals surface area contributed by atoms with Crippen LogP contribution in [0.1, 0.15) is 18.9 Å². The van der Waals surface area contributed by atoms with Gasteiger partial charge >= 0.3 is 21.1 Å². The minimum absolute atomic E-state index is 0.0132. The molecule has 4 aromatic rings. The number of aromatic nitrogens is 8. The van der Waals surface area contributed by atoms with Crippen LogP contribution in [0.3, 0.4) is 0 Å². The Hall–Kier alpha value is -3.54. The molecule has 0 radical (unpaired) electrons. The number of ether oxygens (including phenoxy) is 2. The highest BCUT2D eigenvalue weighted by molar-refractivity contribution is 7.54. The predicted octanol–water partition coefficient (Wildman–Crippen LogP) is -1.29. The van der Waals surface area contributed by atoms with E-state index in [9.17, 15) is 33.9 Å². The normalized spacial score (nSPS) is 37.7. The first-order valence-electron chi connectivity index (χ1n) is 13.4. The van der Waals surface area contributed by atoms with Crippen molar-refractivity contribution in [2.24, 2.45) is 0 Å². The minimum atomic E-state index is -6.15. The molecule has 7 heterocycles. The molecule has 0 aromatic carbocycles. The van der Waals surface area contributed by atoms with Crippen LogP contribution < -0.4 is 17.0 Å². The predicted molar refractivity (Wildman–Crippen MR) is 147 cm³/mol. The maximum atomic E-state index is 15.8. The average molecular weight is 708 g/mol. The van der Waals surface area contributed by atoms with Gasteiger partial charge in [0, 0.05) is 0 Å². The second kappa shape index (κ2) is 11.0. The van der Waals surface area contributed by atoms with Gasteiger partial charge in [0.25, 0.3) is 5.56 Å². The number of fused-ring (bicyclic) bond motifs is 5. The van der Waals surface area contributed by atoms with Crippen LogP contribution in [-0.2, 0) is 32.2 Å². The third-order valence-electron chi connectivity index (χ3n) is 7.79. The summed E-state index contributed by atoms with van der Waals surface area (Å²) >= 11 is 0. The average Bonchev–Trinajstić information content (AvgIpc) is 3.74. The summed E-state index contributed by atoms with van der Waals surface area (Å²) in [5.74, 6) is -0.448. The van der Waals surface area contributed by atoms with E-state index in [2.05, 4.69) is 29.9 Å². The quantitative estimate of drug-likeness (QED) is 0.119. The van der Waals surface area contributed by atoms with E-state index < -0.39 is 88.7 Å². The monoisotopic (exact) mass is 708 g/mol. The van der Waals surface area contributed by atoms with Crippen molar-refractivity contribution in [1.82, 2.24) is 39.0 Å². The van der Waals surface area contributed by atoms with Gasteiger partial charge in [-0.3, -0.25) is 37.0 Å². The number of hydrogen-bond donors (Lipinski definition) is 7. The van der Waals surface area contributed by atoms with E-state index in [4.69, 9.17) is 34.5 Å². The summed E-state index contributed by atoms with van der Waals surface area (Å²) in [7, 11) is -11.4. The molecule has 47 heavy (non-hydrogen) atoms. The lowest BCUT2D eigenvalue weighted by Gasteiger charge is -2.30. The fraction of sp³-hybridized carbons (Fsp3) is 0.524. The number of nitrogens with one attached hydrogen (secondary N) is 1. The van der Waals surface area contributed by atoms with Gasteiger partial charge < -0.3 is 40.9 Å². The number of nitrogens with two attached hydrogens (primary N) is 2. The van der Waals surface area contributed by atoms with Crippen molar-refractivity contribution in [3.8, 4) is 0 Å². The van der Waals surface area contributed by atoms with E-state index in [1.165, 1.54) is 0 Å². The van der Waals surface area contributed by atoms with Gasteiger partial charge in [-0.05, 0) is 0 Å². The molecule has 2 bridgehead atoms. The largest absolute Gasteiger partial charge is 0.472 e. The maximum Gasteiger partial charge on any atom is 0.472 e. The Bertz CT molecular complexity index is 2030. The summed E-state index contributed by atoms with van der Waals surface area (Å²) in [6.45, 7) is -0.972. The van der Waals surface area contributed by atoms with Gasteiger partial charge in [0.1, 0.15) is 42.4 Å². The van der Waals surface area contributed by atoms with Crippen molar-refractivity contribution in [2.45, 2.75) is 61.2 Å². The first-order valence-corrected chi connectivity index (χ1v) is 16.5. The van der Waals surface area contributed by atoms with Crippen LogP contribution in [0.5, 0.6) is 0 Å². The number of nitrogens with zero attached hydrogens (tertiary/aromatic N) is 7. The van der Waals surface area contributed by atoms with Gasteiger partial charge in [0.05, 0.1) is 31.8 Å². The molecule has 3 fully saturated rings. The number of hydrogen-bond acceptors (Lipinski definition) is 17. The second-order valence-corrected chi connectivity index (χ2v) is 14.1. The molecule has 26 heteroatoms. The van der Waals surface area contributed by atoms with E-state index in [1.54, 1.807) is 0 Å². The fourth-order valence-corrected chi connectivity index (χ4v) is 7.66. The van der Waals surface area contributed by atoms with Crippen molar-refractivity contribution in [3.63, 3.8) is 0 Å². The van der Waals surface area contributed by atoms with Crippen LogP contribution in [-0.4, -0.2) is 108 Å². The number of nitrogen functional groups attached to an aromatic ring is 2. The van der Waals surface area contributed by atoms with Crippen molar-refractivity contribution in [3.05, 3.63) is 29.3 Å². The lowest BCUT2D eigenvalue weighted by molar-refractivity contribution is -0.0804. The van der Waals surface area contributed by atoms with Gasteiger partial charge in [0.2, 0.25) is 5.95 Å². The number of anilines is 2. The Labute approximate surface area is 258 Å². The zero-order valence-electron chi connectivity index (χ0n) is 23.3. The number of aliphatic hydroxyl groups excluding tert-OH is 2. The summed E-state index contributed by atoms with van der Waals surface area (Å²) in [6.07, 6.45) is -14.0. The maximum absolute atomic E-state index is 15.8. The minimum Gasteiger partial charge on any atom is -0.387 e. The third kappa shape index (κ3) is 5.31. The molecule has 0 spiro atoms. The molecule has 0 amide bonds. The summed E-state index contributed by atoms with van der Waals surface area (Å²) in [5, 5.41) is 22.1. The van der Waals surface area contributed by atoms with E-state index in [1.807, 2.05) is 0 Å². The third-order valence-corrected chi connectivity index (χ3v) is 10.3. The molecule has 4 aromatic heterocycles. The topological polar surface area (TPSA) is 320 Å². The van der Waals surface area contributed by atoms with Crippen molar-refractivity contribution < 1.29 is 61.0 Å². The lowest BCUT2D eigenvalue weighted by Crippen LogP contribution is -2.38. The van der Waals surface area contributed by atoms with E-state index >= 15 is 8.78 Å². The molecule has 0 aliphatic carbocycles.